The maximum Gasteiger partial charge on any atom is 0.0832 e. The Bertz CT molecular complexity index is 482. The van der Waals surface area contributed by atoms with Gasteiger partial charge in [0.1, 0.15) is 0 Å². The average Bonchev–Trinajstić information content (AvgIpc) is 2.73. The van der Waals surface area contributed by atoms with E-state index in [1.54, 1.807) is 0 Å². The summed E-state index contributed by atoms with van der Waals surface area (Å²) in [6, 6.07) is 6.36. The topological polar surface area (TPSA) is 56.7 Å². The van der Waals surface area contributed by atoms with E-state index < -0.39 is 0 Å². The Labute approximate surface area is 101 Å². The van der Waals surface area contributed by atoms with E-state index in [2.05, 4.69) is 42.4 Å². The van der Waals surface area contributed by atoms with Gasteiger partial charge in [0.25, 0.3) is 0 Å². The lowest BCUT2D eigenvalue weighted by molar-refractivity contribution is 0.778. The molecule has 0 aliphatic carbocycles. The molecule has 0 atom stereocenters. The van der Waals surface area contributed by atoms with Gasteiger partial charge in [-0.3, -0.25) is 0 Å². The lowest BCUT2D eigenvalue weighted by Crippen LogP contribution is -2.00. The molecule has 0 fully saturated rings. The van der Waals surface area contributed by atoms with Gasteiger partial charge in [-0.1, -0.05) is 11.3 Å². The fourth-order valence-corrected chi connectivity index (χ4v) is 1.91. The number of benzene rings is 1. The second-order valence-electron chi connectivity index (χ2n) is 4.39. The van der Waals surface area contributed by atoms with Crippen molar-refractivity contribution < 1.29 is 0 Å². The van der Waals surface area contributed by atoms with Gasteiger partial charge in [-0.15, -0.1) is 5.10 Å². The van der Waals surface area contributed by atoms with Crippen molar-refractivity contribution in [1.29, 1.82) is 0 Å². The van der Waals surface area contributed by atoms with Crippen LogP contribution in [0.15, 0.2) is 24.4 Å². The molecule has 1 aromatic carbocycles. The minimum atomic E-state index is 0.691. The standard InChI is InChI=1S/C13H18N4/c1-10-6-11(2)8-13(7-10)17-9-12(15-16-17)4-3-5-14/h6-9H,3-5,14H2,1-2H3. The molecule has 0 bridgehead atoms. The number of nitrogens with zero attached hydrogens (tertiary/aromatic N) is 3. The minimum absolute atomic E-state index is 0.691. The average molecular weight is 230 g/mol. The van der Waals surface area contributed by atoms with E-state index >= 15 is 0 Å². The molecule has 0 aliphatic rings. The molecule has 0 amide bonds. The summed E-state index contributed by atoms with van der Waals surface area (Å²) >= 11 is 0. The van der Waals surface area contributed by atoms with Crippen molar-refractivity contribution in [3.63, 3.8) is 0 Å². The molecular weight excluding hydrogens is 212 g/mol. The zero-order valence-corrected chi connectivity index (χ0v) is 10.3. The Hall–Kier alpha value is -1.68. The summed E-state index contributed by atoms with van der Waals surface area (Å²) in [6.45, 7) is 4.86. The molecule has 17 heavy (non-hydrogen) atoms. The summed E-state index contributed by atoms with van der Waals surface area (Å²) in [5.41, 5.74) is 10.0. The first-order valence-electron chi connectivity index (χ1n) is 5.89. The Morgan fingerprint density at radius 1 is 1.18 bits per heavy atom. The number of hydrogen-bond donors (Lipinski definition) is 1. The molecule has 0 radical (unpaired) electrons. The highest BCUT2D eigenvalue weighted by Crippen LogP contribution is 2.13. The van der Waals surface area contributed by atoms with Crippen LogP contribution in [0.4, 0.5) is 0 Å². The monoisotopic (exact) mass is 230 g/mol. The summed E-state index contributed by atoms with van der Waals surface area (Å²) in [4.78, 5) is 0. The minimum Gasteiger partial charge on any atom is -0.330 e. The highest BCUT2D eigenvalue weighted by atomic mass is 15.4. The molecule has 0 unspecified atom stereocenters. The Kier molecular flexibility index (Phi) is 3.54. The van der Waals surface area contributed by atoms with Crippen LogP contribution in [-0.2, 0) is 6.42 Å². The molecule has 4 heteroatoms. The van der Waals surface area contributed by atoms with Crippen molar-refractivity contribution >= 4 is 0 Å². The summed E-state index contributed by atoms with van der Waals surface area (Å²) in [7, 11) is 0. The number of hydrogen-bond acceptors (Lipinski definition) is 3. The maximum absolute atomic E-state index is 5.48. The quantitative estimate of drug-likeness (QED) is 0.871. The normalized spacial score (nSPS) is 10.8. The largest absolute Gasteiger partial charge is 0.330 e. The Morgan fingerprint density at radius 3 is 2.53 bits per heavy atom. The molecule has 2 aromatic rings. The van der Waals surface area contributed by atoms with E-state index in [9.17, 15) is 0 Å². The molecule has 0 saturated carbocycles. The molecule has 2 N–H and O–H groups in total. The zero-order valence-electron chi connectivity index (χ0n) is 10.3. The number of nitrogens with two attached hydrogens (primary N) is 1. The van der Waals surface area contributed by atoms with Crippen molar-refractivity contribution in [2.45, 2.75) is 26.7 Å². The van der Waals surface area contributed by atoms with Gasteiger partial charge in [-0.25, -0.2) is 4.68 Å². The molecule has 2 rings (SSSR count). The third kappa shape index (κ3) is 2.91. The summed E-state index contributed by atoms with van der Waals surface area (Å²) in [6.07, 6.45) is 3.82. The first-order chi connectivity index (χ1) is 8.19. The fourth-order valence-electron chi connectivity index (χ4n) is 1.91. The van der Waals surface area contributed by atoms with E-state index in [4.69, 9.17) is 5.73 Å². The number of rotatable bonds is 4. The highest BCUT2D eigenvalue weighted by molar-refractivity contribution is 5.38. The lowest BCUT2D eigenvalue weighted by atomic mass is 10.1. The van der Waals surface area contributed by atoms with Crippen LogP contribution in [0.1, 0.15) is 23.2 Å². The van der Waals surface area contributed by atoms with Gasteiger partial charge in [0, 0.05) is 0 Å². The smallest absolute Gasteiger partial charge is 0.0832 e. The molecule has 1 heterocycles. The summed E-state index contributed by atoms with van der Waals surface area (Å²) in [5.74, 6) is 0. The maximum atomic E-state index is 5.48. The van der Waals surface area contributed by atoms with Crippen LogP contribution < -0.4 is 5.73 Å². The zero-order chi connectivity index (χ0) is 12.3. The first kappa shape index (κ1) is 11.8. The Balaban J connectivity index is 2.24. The number of aromatic nitrogens is 3. The SMILES string of the molecule is Cc1cc(C)cc(-n2cc(CCCN)nn2)c1. The van der Waals surface area contributed by atoms with Gasteiger partial charge in [-0.05, 0) is 56.5 Å². The third-order valence-corrected chi connectivity index (χ3v) is 2.65. The van der Waals surface area contributed by atoms with Crippen molar-refractivity contribution in [1.82, 2.24) is 15.0 Å². The van der Waals surface area contributed by atoms with Crippen LogP contribution in [0.5, 0.6) is 0 Å². The first-order valence-corrected chi connectivity index (χ1v) is 5.89. The predicted molar refractivity (Wildman–Crippen MR) is 68.2 cm³/mol. The summed E-state index contributed by atoms with van der Waals surface area (Å²) < 4.78 is 1.83. The van der Waals surface area contributed by atoms with E-state index in [1.165, 1.54) is 11.1 Å². The third-order valence-electron chi connectivity index (χ3n) is 2.65. The molecule has 0 spiro atoms. The fraction of sp³-hybridized carbons (Fsp3) is 0.385. The van der Waals surface area contributed by atoms with Gasteiger partial charge in [0.05, 0.1) is 17.6 Å². The van der Waals surface area contributed by atoms with Crippen molar-refractivity contribution in [2.75, 3.05) is 6.54 Å². The van der Waals surface area contributed by atoms with E-state index in [1.807, 2.05) is 10.9 Å². The predicted octanol–water partition coefficient (Wildman–Crippen LogP) is 1.78. The van der Waals surface area contributed by atoms with Crippen LogP contribution >= 0.6 is 0 Å². The lowest BCUT2D eigenvalue weighted by Gasteiger charge is -2.03. The second-order valence-corrected chi connectivity index (χ2v) is 4.39. The van der Waals surface area contributed by atoms with Crippen LogP contribution in [0.25, 0.3) is 5.69 Å². The molecule has 1 aromatic heterocycles. The van der Waals surface area contributed by atoms with Crippen molar-refractivity contribution in [3.05, 3.63) is 41.2 Å². The van der Waals surface area contributed by atoms with Gasteiger partial charge < -0.3 is 5.73 Å². The van der Waals surface area contributed by atoms with E-state index in [0.29, 0.717) is 6.54 Å². The summed E-state index contributed by atoms with van der Waals surface area (Å²) in [5, 5.41) is 8.29. The molecule has 4 nitrogen and oxygen atoms in total. The van der Waals surface area contributed by atoms with Crippen LogP contribution in [-0.4, -0.2) is 21.5 Å². The van der Waals surface area contributed by atoms with Gasteiger partial charge in [-0.2, -0.15) is 0 Å². The van der Waals surface area contributed by atoms with Crippen LogP contribution in [0, 0.1) is 13.8 Å². The molecule has 0 aliphatic heterocycles. The van der Waals surface area contributed by atoms with Gasteiger partial charge in [0.15, 0.2) is 0 Å². The van der Waals surface area contributed by atoms with Crippen molar-refractivity contribution in [3.8, 4) is 5.69 Å². The molecular formula is C13H18N4. The van der Waals surface area contributed by atoms with E-state index in [-0.39, 0.29) is 0 Å². The number of aryl methyl sites for hydroxylation is 3. The van der Waals surface area contributed by atoms with Crippen molar-refractivity contribution in [2.24, 2.45) is 5.73 Å². The van der Waals surface area contributed by atoms with E-state index in [0.717, 1.165) is 24.2 Å². The van der Waals surface area contributed by atoms with Crippen LogP contribution in [0.2, 0.25) is 0 Å². The van der Waals surface area contributed by atoms with Gasteiger partial charge >= 0.3 is 0 Å². The van der Waals surface area contributed by atoms with Crippen LogP contribution in [0.3, 0.4) is 0 Å². The highest BCUT2D eigenvalue weighted by Gasteiger charge is 2.03. The molecule has 90 valence electrons. The Morgan fingerprint density at radius 2 is 1.88 bits per heavy atom. The van der Waals surface area contributed by atoms with Gasteiger partial charge in [0.2, 0.25) is 0 Å². The second kappa shape index (κ2) is 5.10. The molecule has 0 saturated heterocycles.